The molecule has 0 aromatic carbocycles. The molecule has 0 amide bonds. The lowest BCUT2D eigenvalue weighted by Gasteiger charge is -2.03. The lowest BCUT2D eigenvalue weighted by atomic mass is 10.3. The minimum Gasteiger partial charge on any atom is -0.390 e. The second-order valence-corrected chi connectivity index (χ2v) is 5.91. The van der Waals surface area contributed by atoms with E-state index in [4.69, 9.17) is 5.11 Å². The Morgan fingerprint density at radius 1 is 1.53 bits per heavy atom. The third kappa shape index (κ3) is 3.43. The van der Waals surface area contributed by atoms with Gasteiger partial charge in [-0.25, -0.2) is 13.1 Å². The summed E-state index contributed by atoms with van der Waals surface area (Å²) in [7, 11) is -1.73. The fourth-order valence-corrected chi connectivity index (χ4v) is 2.71. The Bertz CT molecular complexity index is 644. The second kappa shape index (κ2) is 5.55. The summed E-state index contributed by atoms with van der Waals surface area (Å²) < 4.78 is 28.0. The normalized spacial score (nSPS) is 11.9. The molecule has 0 radical (unpaired) electrons. The van der Waals surface area contributed by atoms with E-state index in [1.54, 1.807) is 4.68 Å². The van der Waals surface area contributed by atoms with Gasteiger partial charge in [0.2, 0.25) is 10.0 Å². The molecule has 0 fully saturated rings. The number of sulfonamides is 1. The van der Waals surface area contributed by atoms with Crippen LogP contribution < -0.4 is 4.72 Å². The molecule has 2 heterocycles. The van der Waals surface area contributed by atoms with Crippen LogP contribution in [0.5, 0.6) is 0 Å². The minimum absolute atomic E-state index is 0.123. The summed E-state index contributed by atoms with van der Waals surface area (Å²) in [6.45, 7) is 0.0580. The highest BCUT2D eigenvalue weighted by Gasteiger charge is 2.15. The highest BCUT2D eigenvalue weighted by atomic mass is 32.2. The van der Waals surface area contributed by atoms with Gasteiger partial charge in [-0.05, 0) is 12.1 Å². The van der Waals surface area contributed by atoms with Crippen LogP contribution >= 0.6 is 0 Å². The van der Waals surface area contributed by atoms with E-state index in [1.807, 2.05) is 19.3 Å². The summed E-state index contributed by atoms with van der Waals surface area (Å²) in [6.07, 6.45) is 3.69. The van der Waals surface area contributed by atoms with Crippen LogP contribution in [0.1, 0.15) is 11.4 Å². The van der Waals surface area contributed by atoms with E-state index >= 15 is 0 Å². The Labute approximate surface area is 111 Å². The molecule has 0 spiro atoms. The summed E-state index contributed by atoms with van der Waals surface area (Å²) in [5, 5.41) is 13.0. The Kier molecular flexibility index (Phi) is 4.03. The van der Waals surface area contributed by atoms with Crippen LogP contribution in [-0.2, 0) is 30.1 Å². The van der Waals surface area contributed by atoms with Crippen molar-refractivity contribution in [3.63, 3.8) is 0 Å². The number of rotatable bonds is 6. The number of H-pyrrole nitrogens is 1. The summed E-state index contributed by atoms with van der Waals surface area (Å²) >= 11 is 0. The average Bonchev–Trinajstić information content (AvgIpc) is 2.98. The van der Waals surface area contributed by atoms with E-state index in [9.17, 15) is 8.42 Å². The minimum atomic E-state index is -3.54. The maximum absolute atomic E-state index is 11.9. The molecule has 0 aliphatic rings. The SMILES string of the molecule is Cn1ccc(CCNS(=O)(=O)c2c[nH]c(CO)c2)n1. The molecular formula is C11H16N4O3S. The van der Waals surface area contributed by atoms with E-state index < -0.39 is 10.0 Å². The van der Waals surface area contributed by atoms with Gasteiger partial charge in [0, 0.05) is 38.1 Å². The van der Waals surface area contributed by atoms with E-state index in [0.717, 1.165) is 5.69 Å². The number of nitrogens with one attached hydrogen (secondary N) is 2. The first-order valence-electron chi connectivity index (χ1n) is 5.77. The zero-order valence-corrected chi connectivity index (χ0v) is 11.3. The number of aryl methyl sites for hydroxylation is 1. The highest BCUT2D eigenvalue weighted by Crippen LogP contribution is 2.10. The van der Waals surface area contributed by atoms with Crippen molar-refractivity contribution in [3.8, 4) is 0 Å². The molecule has 2 aromatic heterocycles. The number of aliphatic hydroxyl groups is 1. The number of hydrogen-bond donors (Lipinski definition) is 3. The number of aromatic nitrogens is 3. The first kappa shape index (κ1) is 13.8. The Hall–Kier alpha value is -1.64. The number of aromatic amines is 1. The van der Waals surface area contributed by atoms with E-state index in [1.165, 1.54) is 12.3 Å². The molecule has 104 valence electrons. The summed E-state index contributed by atoms with van der Waals surface area (Å²) in [5.41, 5.74) is 1.29. The zero-order valence-electron chi connectivity index (χ0n) is 10.5. The molecule has 0 aliphatic carbocycles. The van der Waals surface area contributed by atoms with Gasteiger partial charge in [0.15, 0.2) is 0 Å². The van der Waals surface area contributed by atoms with Gasteiger partial charge in [-0.2, -0.15) is 5.10 Å². The third-order valence-electron chi connectivity index (χ3n) is 2.64. The average molecular weight is 284 g/mol. The monoisotopic (exact) mass is 284 g/mol. The summed E-state index contributed by atoms with van der Waals surface area (Å²) in [5.74, 6) is 0. The molecule has 19 heavy (non-hydrogen) atoms. The Morgan fingerprint density at radius 3 is 2.89 bits per heavy atom. The van der Waals surface area contributed by atoms with Crippen LogP contribution in [-0.4, -0.2) is 34.8 Å². The van der Waals surface area contributed by atoms with Crippen LogP contribution in [0, 0.1) is 0 Å². The van der Waals surface area contributed by atoms with Crippen molar-refractivity contribution in [2.75, 3.05) is 6.54 Å². The van der Waals surface area contributed by atoms with Gasteiger partial charge in [-0.15, -0.1) is 0 Å². The lowest BCUT2D eigenvalue weighted by Crippen LogP contribution is -2.25. The first-order chi connectivity index (χ1) is 9.01. The number of hydrogen-bond acceptors (Lipinski definition) is 4. The van der Waals surface area contributed by atoms with Gasteiger partial charge in [0.1, 0.15) is 0 Å². The smallest absolute Gasteiger partial charge is 0.242 e. The van der Waals surface area contributed by atoms with Gasteiger partial charge < -0.3 is 10.1 Å². The van der Waals surface area contributed by atoms with Crippen molar-refractivity contribution in [1.82, 2.24) is 19.5 Å². The topological polar surface area (TPSA) is 100 Å². The van der Waals surface area contributed by atoms with Gasteiger partial charge >= 0.3 is 0 Å². The molecule has 0 saturated carbocycles. The molecule has 3 N–H and O–H groups in total. The standard InChI is InChI=1S/C11H16N4O3S/c1-15-5-3-9(14-15)2-4-13-19(17,18)11-6-10(8-16)12-7-11/h3,5-7,12-13,16H,2,4,8H2,1H3. The van der Waals surface area contributed by atoms with Crippen molar-refractivity contribution in [2.45, 2.75) is 17.9 Å². The Balaban J connectivity index is 1.94. The van der Waals surface area contributed by atoms with E-state index in [0.29, 0.717) is 12.1 Å². The van der Waals surface area contributed by atoms with Crippen LogP contribution in [0.15, 0.2) is 29.4 Å². The fraction of sp³-hybridized carbons (Fsp3) is 0.364. The van der Waals surface area contributed by atoms with Gasteiger partial charge in [0.25, 0.3) is 0 Å². The maximum Gasteiger partial charge on any atom is 0.242 e. The maximum atomic E-state index is 11.9. The number of nitrogens with zero attached hydrogens (tertiary/aromatic N) is 2. The van der Waals surface area contributed by atoms with Crippen LogP contribution in [0.4, 0.5) is 0 Å². The molecule has 0 bridgehead atoms. The molecule has 7 nitrogen and oxygen atoms in total. The summed E-state index contributed by atoms with van der Waals surface area (Å²) in [6, 6.07) is 3.25. The molecular weight excluding hydrogens is 268 g/mol. The second-order valence-electron chi connectivity index (χ2n) is 4.15. The van der Waals surface area contributed by atoms with Crippen molar-refractivity contribution in [2.24, 2.45) is 7.05 Å². The molecule has 2 aromatic rings. The van der Waals surface area contributed by atoms with E-state index in [-0.39, 0.29) is 18.0 Å². The van der Waals surface area contributed by atoms with Gasteiger partial charge in [0.05, 0.1) is 17.2 Å². The molecule has 8 heteroatoms. The van der Waals surface area contributed by atoms with Crippen molar-refractivity contribution >= 4 is 10.0 Å². The predicted molar refractivity (Wildman–Crippen MR) is 68.8 cm³/mol. The largest absolute Gasteiger partial charge is 0.390 e. The van der Waals surface area contributed by atoms with Gasteiger partial charge in [-0.3, -0.25) is 4.68 Å². The van der Waals surface area contributed by atoms with Crippen molar-refractivity contribution < 1.29 is 13.5 Å². The quantitative estimate of drug-likeness (QED) is 0.681. The molecule has 0 saturated heterocycles. The zero-order chi connectivity index (χ0) is 13.9. The molecule has 0 atom stereocenters. The first-order valence-corrected chi connectivity index (χ1v) is 7.26. The molecule has 0 unspecified atom stereocenters. The molecule has 0 aliphatic heterocycles. The van der Waals surface area contributed by atoms with Gasteiger partial charge in [-0.1, -0.05) is 0 Å². The third-order valence-corrected chi connectivity index (χ3v) is 4.08. The van der Waals surface area contributed by atoms with E-state index in [2.05, 4.69) is 14.8 Å². The fourth-order valence-electron chi connectivity index (χ4n) is 1.66. The van der Waals surface area contributed by atoms with Crippen molar-refractivity contribution in [3.05, 3.63) is 35.9 Å². The Morgan fingerprint density at radius 2 is 2.32 bits per heavy atom. The van der Waals surface area contributed by atoms with Crippen molar-refractivity contribution in [1.29, 1.82) is 0 Å². The highest BCUT2D eigenvalue weighted by molar-refractivity contribution is 7.89. The molecule has 2 rings (SSSR count). The van der Waals surface area contributed by atoms with Crippen LogP contribution in [0.25, 0.3) is 0 Å². The van der Waals surface area contributed by atoms with Crippen LogP contribution in [0.3, 0.4) is 0 Å². The predicted octanol–water partition coefficient (Wildman–Crippen LogP) is -0.239. The number of aliphatic hydroxyl groups excluding tert-OH is 1. The van der Waals surface area contributed by atoms with Crippen LogP contribution in [0.2, 0.25) is 0 Å². The summed E-state index contributed by atoms with van der Waals surface area (Å²) in [4.78, 5) is 2.81. The lowest BCUT2D eigenvalue weighted by molar-refractivity contribution is 0.277.